The van der Waals surface area contributed by atoms with Crippen LogP contribution in [0, 0.1) is 0 Å². The molecular formula is C5H6ClFO4. The minimum atomic E-state index is -2.91. The molecule has 0 aromatic carbocycles. The van der Waals surface area contributed by atoms with E-state index in [2.05, 4.69) is 4.74 Å². The van der Waals surface area contributed by atoms with Crippen molar-refractivity contribution in [3.63, 3.8) is 0 Å². The maximum absolute atomic E-state index is 12.8. The fourth-order valence-electron chi connectivity index (χ4n) is 0.772. The van der Waals surface area contributed by atoms with Crippen molar-refractivity contribution in [2.45, 2.75) is 17.3 Å². The maximum Gasteiger partial charge on any atom is 0.363 e. The number of aliphatic hydroxyl groups is 2. The highest BCUT2D eigenvalue weighted by Gasteiger charge is 2.57. The second-order valence-corrected chi connectivity index (χ2v) is 2.74. The van der Waals surface area contributed by atoms with Crippen LogP contribution in [0.1, 0.15) is 0 Å². The minimum absolute atomic E-state index is 0.648. The average Bonchev–Trinajstić information content (AvgIpc) is 2.14. The standard InChI is InChI=1S/C5H6ClFO4/c6-5(7)3(9)2(1-8)11-4(5)10/h2-3,8-9H,1H2/t2-,3?,5-/m1/s1. The van der Waals surface area contributed by atoms with Crippen molar-refractivity contribution in [1.82, 2.24) is 0 Å². The molecule has 64 valence electrons. The van der Waals surface area contributed by atoms with Crippen molar-refractivity contribution in [3.8, 4) is 0 Å². The molecule has 1 rings (SSSR count). The van der Waals surface area contributed by atoms with E-state index in [0.717, 1.165) is 0 Å². The predicted molar refractivity (Wildman–Crippen MR) is 32.7 cm³/mol. The monoisotopic (exact) mass is 184 g/mol. The van der Waals surface area contributed by atoms with Crippen LogP contribution in [0.2, 0.25) is 0 Å². The first-order valence-electron chi connectivity index (χ1n) is 2.88. The molecule has 0 amide bonds. The smallest absolute Gasteiger partial charge is 0.363 e. The van der Waals surface area contributed by atoms with E-state index in [9.17, 15) is 9.18 Å². The predicted octanol–water partition coefficient (Wildman–Crippen LogP) is -0.830. The van der Waals surface area contributed by atoms with Crippen LogP contribution in [0.15, 0.2) is 0 Å². The molecule has 0 aromatic heterocycles. The van der Waals surface area contributed by atoms with Gasteiger partial charge in [0.1, 0.15) is 0 Å². The number of hydrogen-bond donors (Lipinski definition) is 2. The molecule has 6 heteroatoms. The van der Waals surface area contributed by atoms with Gasteiger partial charge < -0.3 is 14.9 Å². The van der Waals surface area contributed by atoms with Gasteiger partial charge in [0.05, 0.1) is 6.61 Å². The van der Waals surface area contributed by atoms with Gasteiger partial charge >= 0.3 is 11.1 Å². The normalized spacial score (nSPS) is 44.2. The summed E-state index contributed by atoms with van der Waals surface area (Å²) in [5.41, 5.74) is 0. The highest BCUT2D eigenvalue weighted by molar-refractivity contribution is 6.33. The molecule has 0 saturated carbocycles. The van der Waals surface area contributed by atoms with E-state index in [1.807, 2.05) is 0 Å². The molecular weight excluding hydrogens is 179 g/mol. The Morgan fingerprint density at radius 2 is 2.36 bits per heavy atom. The zero-order valence-electron chi connectivity index (χ0n) is 5.33. The summed E-state index contributed by atoms with van der Waals surface area (Å²) in [7, 11) is 0. The van der Waals surface area contributed by atoms with E-state index in [-0.39, 0.29) is 0 Å². The second-order valence-electron chi connectivity index (χ2n) is 2.19. The molecule has 0 aromatic rings. The molecule has 0 aliphatic carbocycles. The van der Waals surface area contributed by atoms with Crippen LogP contribution in [-0.2, 0) is 9.53 Å². The number of rotatable bonds is 1. The lowest BCUT2D eigenvalue weighted by Crippen LogP contribution is -2.37. The van der Waals surface area contributed by atoms with Crippen LogP contribution in [0.5, 0.6) is 0 Å². The number of aliphatic hydroxyl groups excluding tert-OH is 2. The van der Waals surface area contributed by atoms with E-state index < -0.39 is 29.9 Å². The molecule has 1 unspecified atom stereocenters. The van der Waals surface area contributed by atoms with Crippen LogP contribution in [0.3, 0.4) is 0 Å². The first-order chi connectivity index (χ1) is 5.00. The van der Waals surface area contributed by atoms with Crippen molar-refractivity contribution in [3.05, 3.63) is 0 Å². The zero-order chi connectivity index (χ0) is 8.65. The fraction of sp³-hybridized carbons (Fsp3) is 0.800. The molecule has 3 atom stereocenters. The quantitative estimate of drug-likeness (QED) is 0.412. The van der Waals surface area contributed by atoms with E-state index in [1.54, 1.807) is 0 Å². The molecule has 0 bridgehead atoms. The molecule has 1 aliphatic rings. The molecule has 2 N–H and O–H groups in total. The van der Waals surface area contributed by atoms with Crippen molar-refractivity contribution in [1.29, 1.82) is 0 Å². The Morgan fingerprint density at radius 3 is 2.55 bits per heavy atom. The van der Waals surface area contributed by atoms with Crippen LogP contribution in [0.25, 0.3) is 0 Å². The van der Waals surface area contributed by atoms with Gasteiger partial charge in [0.2, 0.25) is 0 Å². The van der Waals surface area contributed by atoms with Gasteiger partial charge in [-0.1, -0.05) is 11.6 Å². The summed E-state index contributed by atoms with van der Waals surface area (Å²) < 4.78 is 17.0. The second kappa shape index (κ2) is 2.58. The minimum Gasteiger partial charge on any atom is -0.454 e. The molecule has 0 radical (unpaired) electrons. The number of cyclic esters (lactones) is 1. The maximum atomic E-state index is 12.8. The van der Waals surface area contributed by atoms with Crippen molar-refractivity contribution in [2.75, 3.05) is 6.61 Å². The van der Waals surface area contributed by atoms with Crippen LogP contribution >= 0.6 is 11.6 Å². The lowest BCUT2D eigenvalue weighted by molar-refractivity contribution is -0.147. The number of halogens is 2. The summed E-state index contributed by atoms with van der Waals surface area (Å²) in [6.07, 6.45) is -3.06. The molecule has 11 heavy (non-hydrogen) atoms. The number of carbonyl (C=O) groups excluding carboxylic acids is 1. The third kappa shape index (κ3) is 1.19. The van der Waals surface area contributed by atoms with E-state index >= 15 is 0 Å². The van der Waals surface area contributed by atoms with Crippen molar-refractivity contribution in [2.24, 2.45) is 0 Å². The van der Waals surface area contributed by atoms with Gasteiger partial charge in [-0.15, -0.1) is 0 Å². The highest BCUT2D eigenvalue weighted by atomic mass is 35.5. The number of hydrogen-bond acceptors (Lipinski definition) is 4. The number of alkyl halides is 2. The molecule has 0 spiro atoms. The third-order valence-corrected chi connectivity index (χ3v) is 1.81. The summed E-state index contributed by atoms with van der Waals surface area (Å²) in [6.45, 7) is -0.648. The van der Waals surface area contributed by atoms with Crippen LogP contribution in [-0.4, -0.2) is 40.1 Å². The molecule has 4 nitrogen and oxygen atoms in total. The summed E-state index contributed by atoms with van der Waals surface area (Å²) >= 11 is 4.94. The zero-order valence-corrected chi connectivity index (χ0v) is 6.08. The van der Waals surface area contributed by atoms with Gasteiger partial charge in [0.15, 0.2) is 12.2 Å². The number of ether oxygens (including phenoxy) is 1. The average molecular weight is 185 g/mol. The molecule has 1 fully saturated rings. The Kier molecular flexibility index (Phi) is 2.04. The van der Waals surface area contributed by atoms with Gasteiger partial charge in [-0.2, -0.15) is 0 Å². The van der Waals surface area contributed by atoms with Gasteiger partial charge in [-0.05, 0) is 0 Å². The van der Waals surface area contributed by atoms with Crippen LogP contribution < -0.4 is 0 Å². The van der Waals surface area contributed by atoms with E-state index in [0.29, 0.717) is 0 Å². The van der Waals surface area contributed by atoms with Crippen molar-refractivity contribution >= 4 is 17.6 Å². The van der Waals surface area contributed by atoms with Gasteiger partial charge in [0, 0.05) is 0 Å². The van der Waals surface area contributed by atoms with E-state index in [1.165, 1.54) is 0 Å². The number of esters is 1. The molecule has 1 heterocycles. The Morgan fingerprint density at radius 1 is 1.82 bits per heavy atom. The van der Waals surface area contributed by atoms with Gasteiger partial charge in [0.25, 0.3) is 0 Å². The van der Waals surface area contributed by atoms with Crippen LogP contribution in [0.4, 0.5) is 4.39 Å². The van der Waals surface area contributed by atoms with Crippen molar-refractivity contribution < 1.29 is 24.1 Å². The summed E-state index contributed by atoms with van der Waals surface area (Å²) in [5, 5.41) is 14.4. The summed E-state index contributed by atoms with van der Waals surface area (Å²) in [4.78, 5) is 10.5. The molecule has 1 saturated heterocycles. The summed E-state index contributed by atoms with van der Waals surface area (Å²) in [5.74, 6) is -1.36. The number of carbonyl (C=O) groups is 1. The lowest BCUT2D eigenvalue weighted by atomic mass is 10.2. The third-order valence-electron chi connectivity index (χ3n) is 1.43. The largest absolute Gasteiger partial charge is 0.454 e. The first-order valence-corrected chi connectivity index (χ1v) is 3.25. The highest BCUT2D eigenvalue weighted by Crippen LogP contribution is 2.33. The molecule has 1 aliphatic heterocycles. The van der Waals surface area contributed by atoms with Gasteiger partial charge in [-0.3, -0.25) is 0 Å². The fourth-order valence-corrected chi connectivity index (χ4v) is 0.957. The Bertz CT molecular complexity index is 183. The Labute approximate surface area is 66.5 Å². The lowest BCUT2D eigenvalue weighted by Gasteiger charge is -2.12. The summed E-state index contributed by atoms with van der Waals surface area (Å²) in [6, 6.07) is 0. The Hall–Kier alpha value is -0.390. The SMILES string of the molecule is O=C1O[C@H](CO)C(O)[C@]1(F)Cl. The topological polar surface area (TPSA) is 66.8 Å². The first kappa shape index (κ1) is 8.70. The van der Waals surface area contributed by atoms with E-state index in [4.69, 9.17) is 21.8 Å². The van der Waals surface area contributed by atoms with Gasteiger partial charge in [-0.25, -0.2) is 9.18 Å². The Balaban J connectivity index is 2.80.